The van der Waals surface area contributed by atoms with Gasteiger partial charge in [0.15, 0.2) is 6.04 Å². The number of halogens is 2. The molecule has 0 bridgehead atoms. The summed E-state index contributed by atoms with van der Waals surface area (Å²) in [5.74, 6) is -2.04. The van der Waals surface area contributed by atoms with E-state index >= 15 is 0 Å². The third-order valence-corrected chi connectivity index (χ3v) is 7.88. The van der Waals surface area contributed by atoms with Crippen LogP contribution in [0.3, 0.4) is 0 Å². The monoisotopic (exact) mass is 504 g/mol. The summed E-state index contributed by atoms with van der Waals surface area (Å²) in [5, 5.41) is 14.1. The fourth-order valence-corrected chi connectivity index (χ4v) is 6.12. The highest BCUT2D eigenvalue weighted by Crippen LogP contribution is 2.39. The lowest BCUT2D eigenvalue weighted by atomic mass is 10.0. The first-order valence-electron chi connectivity index (χ1n) is 10.6. The molecule has 178 valence electrons. The Bertz CT molecular complexity index is 1270. The largest absolute Gasteiger partial charge is 0.391 e. The van der Waals surface area contributed by atoms with Gasteiger partial charge in [0.25, 0.3) is 5.91 Å². The quantitative estimate of drug-likeness (QED) is 0.429. The van der Waals surface area contributed by atoms with E-state index in [2.05, 4.69) is 15.3 Å². The second kappa shape index (κ2) is 9.19. The molecule has 34 heavy (non-hydrogen) atoms. The number of fused-ring (bicyclic) bond motifs is 1. The molecule has 2 unspecified atom stereocenters. The number of thiophene rings is 1. The van der Waals surface area contributed by atoms with Crippen LogP contribution in [0.25, 0.3) is 10.2 Å². The van der Waals surface area contributed by atoms with E-state index in [9.17, 15) is 18.7 Å². The van der Waals surface area contributed by atoms with E-state index in [1.54, 1.807) is 6.20 Å². The summed E-state index contributed by atoms with van der Waals surface area (Å²) in [7, 11) is 0. The number of nitrogens with one attached hydrogen (secondary N) is 1. The standard InChI is InChI=1S/C22H22F2N6O2S2/c23-10-2-1-3-11(24)16(10)22-29-17(20(26)34-22)21(32)28-14-8-27-13-5-7-33-19(13)18(14)30-6-4-15(31)12(25)9-30/h1-3,5,7-8,12,15,17,20,31H,4,6,9,25-26H2,(H,28,32)/t12-,15-,17?,20?/m1/s1. The van der Waals surface area contributed by atoms with Crippen LogP contribution >= 0.6 is 23.1 Å². The van der Waals surface area contributed by atoms with Gasteiger partial charge in [-0.3, -0.25) is 14.8 Å². The number of amides is 1. The molecule has 8 nitrogen and oxygen atoms in total. The summed E-state index contributed by atoms with van der Waals surface area (Å²) in [5.41, 5.74) is 13.9. The van der Waals surface area contributed by atoms with E-state index in [1.165, 1.54) is 17.4 Å². The first kappa shape index (κ1) is 23.1. The summed E-state index contributed by atoms with van der Waals surface area (Å²) >= 11 is 2.44. The van der Waals surface area contributed by atoms with Gasteiger partial charge in [0, 0.05) is 19.1 Å². The van der Waals surface area contributed by atoms with Crippen LogP contribution in [-0.2, 0) is 4.79 Å². The fourth-order valence-electron chi connectivity index (χ4n) is 4.14. The van der Waals surface area contributed by atoms with Crippen LogP contribution in [0.5, 0.6) is 0 Å². The third kappa shape index (κ3) is 4.16. The van der Waals surface area contributed by atoms with Gasteiger partial charge in [-0.15, -0.1) is 11.3 Å². The number of hydrogen-bond acceptors (Lipinski definition) is 9. The topological polar surface area (TPSA) is 130 Å². The molecule has 0 saturated carbocycles. The van der Waals surface area contributed by atoms with Crippen LogP contribution in [0, 0.1) is 11.6 Å². The summed E-state index contributed by atoms with van der Waals surface area (Å²) in [6, 6.07) is 3.94. The number of piperidine rings is 1. The van der Waals surface area contributed by atoms with Gasteiger partial charge in [0.2, 0.25) is 0 Å². The number of anilines is 2. The van der Waals surface area contributed by atoms with Crippen molar-refractivity contribution >= 4 is 55.6 Å². The molecule has 2 aromatic heterocycles. The lowest BCUT2D eigenvalue weighted by Crippen LogP contribution is -2.51. The number of aliphatic imine (C=N–C) groups is 1. The number of nitrogens with zero attached hydrogens (tertiary/aromatic N) is 3. The molecule has 6 N–H and O–H groups in total. The highest BCUT2D eigenvalue weighted by molar-refractivity contribution is 8.15. The molecule has 1 saturated heterocycles. The number of carbonyl (C=O) groups excluding carboxylic acids is 1. The van der Waals surface area contributed by atoms with Gasteiger partial charge in [-0.2, -0.15) is 0 Å². The first-order valence-corrected chi connectivity index (χ1v) is 12.4. The molecule has 5 rings (SSSR count). The predicted octanol–water partition coefficient (Wildman–Crippen LogP) is 2.26. The molecule has 0 aliphatic carbocycles. The van der Waals surface area contributed by atoms with E-state index in [1.807, 2.05) is 16.3 Å². The molecule has 1 fully saturated rings. The Kier molecular flexibility index (Phi) is 6.25. The summed E-state index contributed by atoms with van der Waals surface area (Å²) in [4.78, 5) is 23.9. The normalized spacial score (nSPS) is 25.0. The van der Waals surface area contributed by atoms with Crippen molar-refractivity contribution in [1.29, 1.82) is 0 Å². The van der Waals surface area contributed by atoms with Gasteiger partial charge in [-0.25, -0.2) is 8.78 Å². The molecule has 1 aromatic carbocycles. The minimum atomic E-state index is -1.05. The zero-order valence-corrected chi connectivity index (χ0v) is 19.5. The molecule has 4 heterocycles. The molecule has 0 spiro atoms. The van der Waals surface area contributed by atoms with Crippen molar-refractivity contribution in [2.45, 2.75) is 30.0 Å². The van der Waals surface area contributed by atoms with Gasteiger partial charge in [0.05, 0.1) is 44.8 Å². The van der Waals surface area contributed by atoms with Crippen molar-refractivity contribution in [3.63, 3.8) is 0 Å². The average Bonchev–Trinajstić information content (AvgIpc) is 3.42. The zero-order valence-electron chi connectivity index (χ0n) is 17.8. The SMILES string of the molecule is NC1SC(c2c(F)cccc2F)=NC1C(=O)Nc1cnc2ccsc2c1N1CC[C@@H](O)[C@H](N)C1. The molecule has 12 heteroatoms. The summed E-state index contributed by atoms with van der Waals surface area (Å²) in [6.45, 7) is 0.969. The van der Waals surface area contributed by atoms with E-state index in [0.717, 1.165) is 39.8 Å². The molecule has 4 atom stereocenters. The average molecular weight is 505 g/mol. The molecular weight excluding hydrogens is 482 g/mol. The molecule has 3 aromatic rings. The van der Waals surface area contributed by atoms with Crippen molar-refractivity contribution in [1.82, 2.24) is 4.98 Å². The van der Waals surface area contributed by atoms with E-state index < -0.39 is 41.1 Å². The highest BCUT2D eigenvalue weighted by Gasteiger charge is 2.36. The number of thioether (sulfide) groups is 1. The number of aromatic nitrogens is 1. The minimum Gasteiger partial charge on any atom is -0.391 e. The Morgan fingerprint density at radius 2 is 2.00 bits per heavy atom. The highest BCUT2D eigenvalue weighted by atomic mass is 32.2. The van der Waals surface area contributed by atoms with Crippen molar-refractivity contribution in [3.05, 3.63) is 53.0 Å². The smallest absolute Gasteiger partial charge is 0.251 e. The maximum atomic E-state index is 14.2. The van der Waals surface area contributed by atoms with Crippen LogP contribution in [0.4, 0.5) is 20.2 Å². The minimum absolute atomic E-state index is 0.0475. The number of nitrogens with two attached hydrogens (primary N) is 2. The number of pyridine rings is 1. The molecule has 1 amide bonds. The second-order valence-corrected chi connectivity index (χ2v) is 10.3. The van der Waals surface area contributed by atoms with Crippen molar-refractivity contribution in [2.24, 2.45) is 16.5 Å². The van der Waals surface area contributed by atoms with Gasteiger partial charge < -0.3 is 26.8 Å². The lowest BCUT2D eigenvalue weighted by Gasteiger charge is -2.36. The molecule has 2 aliphatic rings. The number of benzene rings is 1. The van der Waals surface area contributed by atoms with Crippen LogP contribution in [0.2, 0.25) is 0 Å². The number of rotatable bonds is 4. The Labute approximate surface area is 202 Å². The van der Waals surface area contributed by atoms with Crippen LogP contribution in [0.1, 0.15) is 12.0 Å². The summed E-state index contributed by atoms with van der Waals surface area (Å²) < 4.78 is 29.3. The Morgan fingerprint density at radius 3 is 2.74 bits per heavy atom. The van der Waals surface area contributed by atoms with Crippen LogP contribution in [-0.4, -0.2) is 57.7 Å². The zero-order chi connectivity index (χ0) is 24.0. The maximum absolute atomic E-state index is 14.2. The van der Waals surface area contributed by atoms with Crippen molar-refractivity contribution in [3.8, 4) is 0 Å². The second-order valence-electron chi connectivity index (χ2n) is 8.17. The van der Waals surface area contributed by atoms with Crippen molar-refractivity contribution in [2.75, 3.05) is 23.3 Å². The molecule has 0 radical (unpaired) electrons. The van der Waals surface area contributed by atoms with Gasteiger partial charge in [-0.1, -0.05) is 17.8 Å². The lowest BCUT2D eigenvalue weighted by molar-refractivity contribution is -0.117. The maximum Gasteiger partial charge on any atom is 0.251 e. The number of hydrogen-bond donors (Lipinski definition) is 4. The number of aliphatic hydroxyl groups excluding tert-OH is 1. The molecule has 2 aliphatic heterocycles. The van der Waals surface area contributed by atoms with E-state index in [4.69, 9.17) is 11.5 Å². The fraction of sp³-hybridized carbons (Fsp3) is 0.318. The van der Waals surface area contributed by atoms with E-state index in [0.29, 0.717) is 25.2 Å². The Morgan fingerprint density at radius 1 is 1.24 bits per heavy atom. The predicted molar refractivity (Wildman–Crippen MR) is 131 cm³/mol. The van der Waals surface area contributed by atoms with Crippen molar-refractivity contribution < 1.29 is 18.7 Å². The number of aliphatic hydroxyl groups is 1. The molecular formula is C22H22F2N6O2S2. The summed E-state index contributed by atoms with van der Waals surface area (Å²) in [6.07, 6.45) is 1.47. The van der Waals surface area contributed by atoms with Crippen LogP contribution < -0.4 is 21.7 Å². The van der Waals surface area contributed by atoms with E-state index in [-0.39, 0.29) is 10.6 Å². The van der Waals surface area contributed by atoms with Gasteiger partial charge >= 0.3 is 0 Å². The third-order valence-electron chi connectivity index (χ3n) is 5.90. The van der Waals surface area contributed by atoms with Crippen LogP contribution in [0.15, 0.2) is 40.8 Å². The number of carbonyl (C=O) groups is 1. The Hall–Kier alpha value is -2.64. The van der Waals surface area contributed by atoms with Gasteiger partial charge in [0.1, 0.15) is 16.7 Å². The Balaban J connectivity index is 1.45. The van der Waals surface area contributed by atoms with Gasteiger partial charge in [-0.05, 0) is 30.0 Å². The first-order chi connectivity index (χ1) is 16.3.